The highest BCUT2D eigenvalue weighted by Crippen LogP contribution is 1.99. The van der Waals surface area contributed by atoms with E-state index in [1.165, 1.54) is 0 Å². The van der Waals surface area contributed by atoms with Gasteiger partial charge in [0, 0.05) is 6.54 Å². The molecule has 1 unspecified atom stereocenters. The van der Waals surface area contributed by atoms with Crippen LogP contribution in [0.5, 0.6) is 0 Å². The van der Waals surface area contributed by atoms with Crippen LogP contribution in [0.2, 0.25) is 0 Å². The van der Waals surface area contributed by atoms with Gasteiger partial charge in [0.1, 0.15) is 6.23 Å². The number of hydrogen-bond acceptors (Lipinski definition) is 3. The highest BCUT2D eigenvalue weighted by Gasteiger charge is 2.14. The largest absolute Gasteiger partial charge is 0.463 e. The van der Waals surface area contributed by atoms with Crippen molar-refractivity contribution in [1.29, 1.82) is 0 Å². The molecule has 0 rings (SSSR count). The molecule has 0 spiro atoms. The Bertz CT molecular complexity index is 150. The molecule has 1 atom stereocenters. The lowest BCUT2D eigenvalue weighted by molar-refractivity contribution is -0.199. The van der Waals surface area contributed by atoms with Crippen molar-refractivity contribution in [2.45, 2.75) is 20.1 Å². The zero-order valence-corrected chi connectivity index (χ0v) is 7.94. The summed E-state index contributed by atoms with van der Waals surface area (Å²) in [5.74, 6) is 0. The van der Waals surface area contributed by atoms with Crippen molar-refractivity contribution in [3.63, 3.8) is 0 Å². The van der Waals surface area contributed by atoms with Crippen molar-refractivity contribution in [2.24, 2.45) is 0 Å². The summed E-state index contributed by atoms with van der Waals surface area (Å²) in [4.78, 5) is 17.3. The van der Waals surface area contributed by atoms with Crippen LogP contribution in [0.15, 0.2) is 0 Å². The Labute approximate surface area is 72.5 Å². The van der Waals surface area contributed by atoms with Crippen molar-refractivity contribution >= 4 is 6.09 Å². The molecule has 5 heteroatoms. The van der Waals surface area contributed by atoms with Gasteiger partial charge in [0.2, 0.25) is 0 Å². The van der Waals surface area contributed by atoms with Crippen LogP contribution in [0.25, 0.3) is 0 Å². The Kier molecular flexibility index (Phi) is 4.61. The summed E-state index contributed by atoms with van der Waals surface area (Å²) in [5, 5.41) is 9.49. The third-order valence-electron chi connectivity index (χ3n) is 1.51. The fourth-order valence-corrected chi connectivity index (χ4v) is 0.533. The van der Waals surface area contributed by atoms with Gasteiger partial charge in [0.25, 0.3) is 0 Å². The zero-order valence-electron chi connectivity index (χ0n) is 7.94. The quantitative estimate of drug-likeness (QED) is 0.509. The van der Waals surface area contributed by atoms with Gasteiger partial charge in [-0.05, 0) is 27.9 Å². The molecule has 0 fully saturated rings. The molecule has 1 amide bonds. The van der Waals surface area contributed by atoms with E-state index >= 15 is 0 Å². The maximum absolute atomic E-state index is 10.5. The van der Waals surface area contributed by atoms with Crippen LogP contribution in [-0.2, 0) is 4.84 Å². The molecule has 0 aromatic heterocycles. The minimum absolute atomic E-state index is 0.235. The predicted molar refractivity (Wildman–Crippen MR) is 44.6 cm³/mol. The second-order valence-electron chi connectivity index (χ2n) is 2.65. The highest BCUT2D eigenvalue weighted by atomic mass is 16.7. The first kappa shape index (κ1) is 11.2. The Morgan fingerprint density at radius 1 is 1.58 bits per heavy atom. The monoisotopic (exact) mass is 176 g/mol. The molecular formula is C7H16N2O3. The van der Waals surface area contributed by atoms with E-state index in [1.54, 1.807) is 18.7 Å². The summed E-state index contributed by atoms with van der Waals surface area (Å²) in [6.45, 7) is 3.83. The first-order valence-corrected chi connectivity index (χ1v) is 3.82. The average Bonchev–Trinajstić information content (AvgIpc) is 1.98. The first-order valence-electron chi connectivity index (χ1n) is 3.82. The van der Waals surface area contributed by atoms with Crippen molar-refractivity contribution in [3.05, 3.63) is 0 Å². The van der Waals surface area contributed by atoms with Crippen molar-refractivity contribution in [1.82, 2.24) is 9.96 Å². The fourth-order valence-electron chi connectivity index (χ4n) is 0.533. The summed E-state index contributed by atoms with van der Waals surface area (Å²) in [6, 6.07) is 0. The van der Waals surface area contributed by atoms with Gasteiger partial charge < -0.3 is 5.11 Å². The summed E-state index contributed by atoms with van der Waals surface area (Å²) in [7, 11) is 3.64. The summed E-state index contributed by atoms with van der Waals surface area (Å²) in [5.41, 5.74) is 0. The molecule has 12 heavy (non-hydrogen) atoms. The minimum atomic E-state index is -1.06. The number of hydrogen-bond donors (Lipinski definition) is 1. The van der Waals surface area contributed by atoms with E-state index in [-0.39, 0.29) is 6.23 Å². The lowest BCUT2D eigenvalue weighted by Gasteiger charge is -2.25. The van der Waals surface area contributed by atoms with Gasteiger partial charge in [-0.3, -0.25) is 4.90 Å². The molecule has 0 aliphatic carbocycles. The minimum Gasteiger partial charge on any atom is -0.463 e. The van der Waals surface area contributed by atoms with Crippen LogP contribution in [0.4, 0.5) is 4.79 Å². The van der Waals surface area contributed by atoms with Gasteiger partial charge in [-0.2, -0.15) is 5.06 Å². The Morgan fingerprint density at radius 3 is 2.33 bits per heavy atom. The van der Waals surface area contributed by atoms with Gasteiger partial charge >= 0.3 is 6.09 Å². The Balaban J connectivity index is 3.94. The molecule has 1 N–H and O–H groups in total. The lowest BCUT2D eigenvalue weighted by Crippen LogP contribution is -2.38. The lowest BCUT2D eigenvalue weighted by atomic mass is 10.6. The van der Waals surface area contributed by atoms with E-state index in [0.29, 0.717) is 6.54 Å². The van der Waals surface area contributed by atoms with Gasteiger partial charge in [-0.15, -0.1) is 0 Å². The smallest absolute Gasteiger partial charge is 0.431 e. The third-order valence-corrected chi connectivity index (χ3v) is 1.51. The maximum atomic E-state index is 10.5. The van der Waals surface area contributed by atoms with Gasteiger partial charge in [-0.1, -0.05) is 0 Å². The van der Waals surface area contributed by atoms with Crippen LogP contribution in [-0.4, -0.2) is 48.0 Å². The highest BCUT2D eigenvalue weighted by molar-refractivity contribution is 5.63. The summed E-state index contributed by atoms with van der Waals surface area (Å²) >= 11 is 0. The SMILES string of the molecule is CCN(OC(C)N(C)C)C(=O)O. The molecule has 72 valence electrons. The van der Waals surface area contributed by atoms with Crippen LogP contribution in [0, 0.1) is 0 Å². The van der Waals surface area contributed by atoms with Crippen LogP contribution < -0.4 is 0 Å². The molecule has 0 heterocycles. The summed E-state index contributed by atoms with van der Waals surface area (Å²) in [6.07, 6.45) is -1.30. The second-order valence-corrected chi connectivity index (χ2v) is 2.65. The van der Waals surface area contributed by atoms with Gasteiger partial charge in [0.05, 0.1) is 0 Å². The molecule has 0 aromatic carbocycles. The van der Waals surface area contributed by atoms with E-state index in [0.717, 1.165) is 5.06 Å². The average molecular weight is 176 g/mol. The fraction of sp³-hybridized carbons (Fsp3) is 0.857. The third kappa shape index (κ3) is 3.54. The molecule has 0 aliphatic rings. The molecule has 0 aliphatic heterocycles. The topological polar surface area (TPSA) is 53.0 Å². The van der Waals surface area contributed by atoms with Crippen molar-refractivity contribution < 1.29 is 14.7 Å². The number of carbonyl (C=O) groups is 1. The molecule has 0 aromatic rings. The second kappa shape index (κ2) is 4.95. The molecule has 0 saturated carbocycles. The number of hydroxylamine groups is 2. The maximum Gasteiger partial charge on any atom is 0.431 e. The Hall–Kier alpha value is -0.810. The molecular weight excluding hydrogens is 160 g/mol. The normalized spacial score (nSPS) is 13.1. The number of amides is 1. The molecule has 0 bridgehead atoms. The van der Waals surface area contributed by atoms with E-state index in [4.69, 9.17) is 9.94 Å². The van der Waals surface area contributed by atoms with Gasteiger partial charge in [0.15, 0.2) is 0 Å². The van der Waals surface area contributed by atoms with E-state index in [2.05, 4.69) is 0 Å². The standard InChI is InChI=1S/C7H16N2O3/c1-5-9(7(10)11)12-6(2)8(3)4/h6H,5H2,1-4H3,(H,10,11). The van der Waals surface area contributed by atoms with E-state index in [1.807, 2.05) is 14.1 Å². The van der Waals surface area contributed by atoms with Crippen molar-refractivity contribution in [3.8, 4) is 0 Å². The zero-order chi connectivity index (χ0) is 9.72. The van der Waals surface area contributed by atoms with Crippen LogP contribution in [0.3, 0.4) is 0 Å². The van der Waals surface area contributed by atoms with E-state index in [9.17, 15) is 4.79 Å². The van der Waals surface area contributed by atoms with Gasteiger partial charge in [-0.25, -0.2) is 9.63 Å². The van der Waals surface area contributed by atoms with Crippen LogP contribution in [0.1, 0.15) is 13.8 Å². The Morgan fingerprint density at radius 2 is 2.08 bits per heavy atom. The predicted octanol–water partition coefficient (Wildman–Crippen LogP) is 0.826. The molecule has 5 nitrogen and oxygen atoms in total. The van der Waals surface area contributed by atoms with Crippen LogP contribution >= 0.6 is 0 Å². The van der Waals surface area contributed by atoms with Crippen molar-refractivity contribution in [2.75, 3.05) is 20.6 Å². The molecule has 0 saturated heterocycles. The first-order chi connectivity index (χ1) is 5.49. The summed E-state index contributed by atoms with van der Waals surface area (Å²) < 4.78 is 0. The van der Waals surface area contributed by atoms with E-state index < -0.39 is 6.09 Å². The number of rotatable bonds is 4. The molecule has 0 radical (unpaired) electrons. The number of carboxylic acid groups (broad SMARTS) is 1. The number of nitrogens with zero attached hydrogens (tertiary/aromatic N) is 2.